The lowest BCUT2D eigenvalue weighted by atomic mass is 10.2. The molecule has 0 aliphatic carbocycles. The highest BCUT2D eigenvalue weighted by molar-refractivity contribution is 5.94. The van der Waals surface area contributed by atoms with Crippen LogP contribution in [-0.4, -0.2) is 39.7 Å². The fourth-order valence-corrected chi connectivity index (χ4v) is 1.45. The summed E-state index contributed by atoms with van der Waals surface area (Å²) in [6, 6.07) is 7.26. The molecular formula is C14H23N2O2+. The average molecular weight is 251 g/mol. The fourth-order valence-electron chi connectivity index (χ4n) is 1.45. The van der Waals surface area contributed by atoms with Crippen LogP contribution in [0, 0.1) is 0 Å². The monoisotopic (exact) mass is 251 g/mol. The summed E-state index contributed by atoms with van der Waals surface area (Å²) in [6.45, 7) is 4.38. The molecule has 0 saturated carbocycles. The number of quaternary nitrogens is 1. The molecule has 4 heteroatoms. The zero-order chi connectivity index (χ0) is 13.4. The number of carbonyl (C=O) groups is 1. The van der Waals surface area contributed by atoms with Gasteiger partial charge in [0.05, 0.1) is 33.8 Å². The standard InChI is InChI=1S/C14H22N2O2/c1-4-11-18-13-7-5-12(6-8-13)14(17)15-9-10-16(2)3/h5-8H,4,9-11H2,1-3H3,(H,15,17)/p+1. The van der Waals surface area contributed by atoms with E-state index in [9.17, 15) is 4.79 Å². The van der Waals surface area contributed by atoms with Crippen LogP contribution in [0.15, 0.2) is 24.3 Å². The van der Waals surface area contributed by atoms with Crippen LogP contribution in [0.4, 0.5) is 0 Å². The Kier molecular flexibility index (Phi) is 6.22. The van der Waals surface area contributed by atoms with Crippen molar-refractivity contribution in [2.75, 3.05) is 33.8 Å². The Morgan fingerprint density at radius 1 is 1.28 bits per heavy atom. The Hall–Kier alpha value is -1.55. The van der Waals surface area contributed by atoms with Crippen molar-refractivity contribution in [1.29, 1.82) is 0 Å². The maximum atomic E-state index is 11.8. The second kappa shape index (κ2) is 7.71. The Balaban J connectivity index is 2.43. The number of likely N-dealkylation sites (N-methyl/N-ethyl adjacent to an activating group) is 1. The number of rotatable bonds is 7. The van der Waals surface area contributed by atoms with Gasteiger partial charge < -0.3 is 15.0 Å². The van der Waals surface area contributed by atoms with Crippen molar-refractivity contribution in [2.24, 2.45) is 0 Å². The van der Waals surface area contributed by atoms with Gasteiger partial charge in [0.2, 0.25) is 0 Å². The van der Waals surface area contributed by atoms with Crippen molar-refractivity contribution in [3.63, 3.8) is 0 Å². The predicted octanol–water partition coefficient (Wildman–Crippen LogP) is 0.350. The van der Waals surface area contributed by atoms with Gasteiger partial charge in [-0.25, -0.2) is 0 Å². The maximum absolute atomic E-state index is 11.8. The first kappa shape index (κ1) is 14.5. The number of ether oxygens (including phenoxy) is 1. The third kappa shape index (κ3) is 5.19. The molecule has 0 atom stereocenters. The Morgan fingerprint density at radius 3 is 2.50 bits per heavy atom. The van der Waals surface area contributed by atoms with Gasteiger partial charge in [-0.2, -0.15) is 0 Å². The van der Waals surface area contributed by atoms with E-state index in [0.29, 0.717) is 18.7 Å². The average Bonchev–Trinajstić information content (AvgIpc) is 2.36. The number of nitrogens with one attached hydrogen (secondary N) is 2. The second-order valence-corrected chi connectivity index (χ2v) is 4.59. The molecule has 1 aromatic carbocycles. The largest absolute Gasteiger partial charge is 0.494 e. The van der Waals surface area contributed by atoms with Crippen molar-refractivity contribution < 1.29 is 14.4 Å². The molecule has 0 aliphatic heterocycles. The van der Waals surface area contributed by atoms with Crippen LogP contribution in [0.25, 0.3) is 0 Å². The zero-order valence-electron chi connectivity index (χ0n) is 11.5. The number of hydrogen-bond acceptors (Lipinski definition) is 2. The van der Waals surface area contributed by atoms with E-state index in [-0.39, 0.29) is 5.91 Å². The summed E-state index contributed by atoms with van der Waals surface area (Å²) in [5, 5.41) is 2.89. The highest BCUT2D eigenvalue weighted by Gasteiger charge is 2.05. The van der Waals surface area contributed by atoms with Crippen molar-refractivity contribution in [1.82, 2.24) is 5.32 Å². The van der Waals surface area contributed by atoms with Gasteiger partial charge in [-0.15, -0.1) is 0 Å². The summed E-state index contributed by atoms with van der Waals surface area (Å²) < 4.78 is 5.47. The Morgan fingerprint density at radius 2 is 1.94 bits per heavy atom. The van der Waals surface area contributed by atoms with E-state index in [0.717, 1.165) is 18.7 Å². The van der Waals surface area contributed by atoms with Crippen molar-refractivity contribution in [3.8, 4) is 5.75 Å². The van der Waals surface area contributed by atoms with Gasteiger partial charge in [-0.05, 0) is 30.7 Å². The zero-order valence-corrected chi connectivity index (χ0v) is 11.5. The molecule has 0 aromatic heterocycles. The minimum Gasteiger partial charge on any atom is -0.494 e. The molecule has 0 saturated heterocycles. The molecule has 2 N–H and O–H groups in total. The first-order valence-electron chi connectivity index (χ1n) is 6.43. The van der Waals surface area contributed by atoms with Crippen LogP contribution in [0.5, 0.6) is 5.75 Å². The third-order valence-electron chi connectivity index (χ3n) is 2.50. The first-order chi connectivity index (χ1) is 8.63. The molecular weight excluding hydrogens is 228 g/mol. The highest BCUT2D eigenvalue weighted by Crippen LogP contribution is 2.12. The highest BCUT2D eigenvalue weighted by atomic mass is 16.5. The second-order valence-electron chi connectivity index (χ2n) is 4.59. The molecule has 0 unspecified atom stereocenters. The molecule has 0 bridgehead atoms. The molecule has 0 radical (unpaired) electrons. The molecule has 1 amide bonds. The molecule has 0 spiro atoms. The number of hydrogen-bond donors (Lipinski definition) is 2. The molecule has 0 heterocycles. The summed E-state index contributed by atoms with van der Waals surface area (Å²) in [5.41, 5.74) is 0.674. The van der Waals surface area contributed by atoms with Crippen LogP contribution in [0.3, 0.4) is 0 Å². The van der Waals surface area contributed by atoms with E-state index in [2.05, 4.69) is 26.3 Å². The van der Waals surface area contributed by atoms with Gasteiger partial charge in [0, 0.05) is 5.56 Å². The smallest absolute Gasteiger partial charge is 0.251 e. The van der Waals surface area contributed by atoms with E-state index >= 15 is 0 Å². The predicted molar refractivity (Wildman–Crippen MR) is 72.2 cm³/mol. The van der Waals surface area contributed by atoms with Gasteiger partial charge in [0.15, 0.2) is 0 Å². The van der Waals surface area contributed by atoms with Gasteiger partial charge in [0.1, 0.15) is 5.75 Å². The molecule has 0 aliphatic rings. The van der Waals surface area contributed by atoms with Crippen molar-refractivity contribution >= 4 is 5.91 Å². The van der Waals surface area contributed by atoms with Crippen LogP contribution in [0.2, 0.25) is 0 Å². The third-order valence-corrected chi connectivity index (χ3v) is 2.50. The number of amides is 1. The van der Waals surface area contributed by atoms with Crippen molar-refractivity contribution in [3.05, 3.63) is 29.8 Å². The quantitative estimate of drug-likeness (QED) is 0.734. The van der Waals surface area contributed by atoms with E-state index in [1.54, 1.807) is 12.1 Å². The Bertz CT molecular complexity index is 361. The molecule has 18 heavy (non-hydrogen) atoms. The fraction of sp³-hybridized carbons (Fsp3) is 0.500. The SMILES string of the molecule is CCCOc1ccc(C(=O)NCC[NH+](C)C)cc1. The molecule has 4 nitrogen and oxygen atoms in total. The lowest BCUT2D eigenvalue weighted by Gasteiger charge is -2.09. The molecule has 100 valence electrons. The molecule has 0 fully saturated rings. The maximum Gasteiger partial charge on any atom is 0.251 e. The molecule has 1 aromatic rings. The lowest BCUT2D eigenvalue weighted by molar-refractivity contribution is -0.856. The number of benzene rings is 1. The van der Waals surface area contributed by atoms with E-state index < -0.39 is 0 Å². The van der Waals surface area contributed by atoms with Crippen LogP contribution < -0.4 is 15.0 Å². The van der Waals surface area contributed by atoms with E-state index in [4.69, 9.17) is 4.74 Å². The van der Waals surface area contributed by atoms with Crippen molar-refractivity contribution in [2.45, 2.75) is 13.3 Å². The van der Waals surface area contributed by atoms with Gasteiger partial charge >= 0.3 is 0 Å². The summed E-state index contributed by atoms with van der Waals surface area (Å²) in [4.78, 5) is 13.1. The van der Waals surface area contributed by atoms with Gasteiger partial charge in [-0.3, -0.25) is 4.79 Å². The topological polar surface area (TPSA) is 42.8 Å². The summed E-state index contributed by atoms with van der Waals surface area (Å²) >= 11 is 0. The summed E-state index contributed by atoms with van der Waals surface area (Å²) in [7, 11) is 4.12. The van der Waals surface area contributed by atoms with Crippen LogP contribution in [-0.2, 0) is 0 Å². The lowest BCUT2D eigenvalue weighted by Crippen LogP contribution is -3.06. The first-order valence-corrected chi connectivity index (χ1v) is 6.43. The van der Waals surface area contributed by atoms with Crippen LogP contribution >= 0.6 is 0 Å². The van der Waals surface area contributed by atoms with E-state index in [1.807, 2.05) is 12.1 Å². The normalized spacial score (nSPS) is 10.4. The summed E-state index contributed by atoms with van der Waals surface area (Å²) in [5.74, 6) is 0.782. The Labute approximate surface area is 109 Å². The number of carbonyl (C=O) groups excluding carboxylic acids is 1. The van der Waals surface area contributed by atoms with Gasteiger partial charge in [-0.1, -0.05) is 6.92 Å². The molecule has 1 rings (SSSR count). The van der Waals surface area contributed by atoms with Crippen LogP contribution in [0.1, 0.15) is 23.7 Å². The van der Waals surface area contributed by atoms with Gasteiger partial charge in [0.25, 0.3) is 5.91 Å². The van der Waals surface area contributed by atoms with E-state index in [1.165, 1.54) is 4.90 Å². The minimum absolute atomic E-state index is 0.0294. The minimum atomic E-state index is -0.0294. The summed E-state index contributed by atoms with van der Waals surface area (Å²) in [6.07, 6.45) is 0.981.